The van der Waals surface area contributed by atoms with Gasteiger partial charge in [-0.1, -0.05) is 23.7 Å². The molecule has 2 N–H and O–H groups in total. The number of fused-ring (bicyclic) bond motifs is 1. The van der Waals surface area contributed by atoms with E-state index in [4.69, 9.17) is 16.3 Å². The Bertz CT molecular complexity index is 871. The molecule has 7 nitrogen and oxygen atoms in total. The lowest BCUT2D eigenvalue weighted by Gasteiger charge is -2.14. The van der Waals surface area contributed by atoms with E-state index in [0.29, 0.717) is 24.7 Å². The van der Waals surface area contributed by atoms with Crippen molar-refractivity contribution in [2.24, 2.45) is 0 Å². The number of nitrogens with zero attached hydrogens (tertiary/aromatic N) is 3. The maximum atomic E-state index is 12.4. The number of carbonyl (C=O) groups is 1. The van der Waals surface area contributed by atoms with Crippen LogP contribution in [0.5, 0.6) is 5.88 Å². The lowest BCUT2D eigenvalue weighted by molar-refractivity contribution is 0.102. The molecule has 24 heavy (non-hydrogen) atoms. The van der Waals surface area contributed by atoms with Gasteiger partial charge in [0.05, 0.1) is 24.8 Å². The van der Waals surface area contributed by atoms with Gasteiger partial charge in [-0.15, -0.1) is 0 Å². The molecular weight excluding hydrogens is 330 g/mol. The normalized spacial score (nSPS) is 13.2. The first kappa shape index (κ1) is 14.8. The zero-order valence-electron chi connectivity index (χ0n) is 12.6. The van der Waals surface area contributed by atoms with Gasteiger partial charge in [-0.05, 0) is 17.7 Å². The molecule has 0 unspecified atom stereocenters. The molecule has 3 heterocycles. The summed E-state index contributed by atoms with van der Waals surface area (Å²) in [5, 5.41) is 7.29. The van der Waals surface area contributed by atoms with Crippen LogP contribution in [0.1, 0.15) is 16.9 Å². The van der Waals surface area contributed by atoms with Gasteiger partial charge in [-0.25, -0.2) is 9.67 Å². The molecule has 1 aliphatic rings. The lowest BCUT2D eigenvalue weighted by Crippen LogP contribution is -2.16. The maximum Gasteiger partial charge on any atom is 0.277 e. The fraction of sp³-hybridized carbons (Fsp3) is 0.188. The van der Waals surface area contributed by atoms with Crippen molar-refractivity contribution < 1.29 is 9.53 Å². The molecule has 8 heteroatoms. The Hall–Kier alpha value is -2.80. The zero-order valence-corrected chi connectivity index (χ0v) is 13.4. The fourth-order valence-corrected chi connectivity index (χ4v) is 2.86. The molecule has 1 amide bonds. The summed E-state index contributed by atoms with van der Waals surface area (Å²) in [6, 6.07) is 7.42. The van der Waals surface area contributed by atoms with Gasteiger partial charge in [-0.2, -0.15) is 5.10 Å². The van der Waals surface area contributed by atoms with Crippen LogP contribution in [0.2, 0.25) is 5.02 Å². The molecule has 0 radical (unpaired) electrons. The van der Waals surface area contributed by atoms with Crippen LogP contribution >= 0.6 is 11.6 Å². The number of halogens is 1. The molecule has 0 aliphatic carbocycles. The van der Waals surface area contributed by atoms with Gasteiger partial charge < -0.3 is 15.0 Å². The SMILES string of the molecule is O=C(Nc1ccc(-c2cnc[nH]2)cc1)c1nn2c(c1Cl)OCCC2. The number of benzene rings is 1. The number of carbonyl (C=O) groups excluding carboxylic acids is 1. The first-order valence-electron chi connectivity index (χ1n) is 7.51. The predicted octanol–water partition coefficient (Wildman–Crippen LogP) is 2.96. The number of hydrogen-bond donors (Lipinski definition) is 2. The number of hydrogen-bond acceptors (Lipinski definition) is 4. The number of amides is 1. The van der Waals surface area contributed by atoms with Crippen LogP contribution in [-0.4, -0.2) is 32.3 Å². The first-order valence-corrected chi connectivity index (χ1v) is 7.89. The van der Waals surface area contributed by atoms with Crippen LogP contribution in [0.25, 0.3) is 11.3 Å². The third kappa shape index (κ3) is 2.63. The number of nitrogens with one attached hydrogen (secondary N) is 2. The summed E-state index contributed by atoms with van der Waals surface area (Å²) in [7, 11) is 0. The Morgan fingerprint density at radius 3 is 2.88 bits per heavy atom. The Kier molecular flexibility index (Phi) is 3.70. The summed E-state index contributed by atoms with van der Waals surface area (Å²) in [5.41, 5.74) is 2.72. The molecule has 2 aromatic heterocycles. The van der Waals surface area contributed by atoms with Crippen molar-refractivity contribution in [3.05, 3.63) is 47.5 Å². The molecule has 0 spiro atoms. The van der Waals surface area contributed by atoms with Gasteiger partial charge in [0.25, 0.3) is 5.91 Å². The number of aryl methyl sites for hydroxylation is 1. The Balaban J connectivity index is 1.53. The highest BCUT2D eigenvalue weighted by atomic mass is 35.5. The molecule has 0 fully saturated rings. The molecule has 0 bridgehead atoms. The standard InChI is InChI=1S/C16H14ClN5O2/c17-13-14(21-22-6-1-7-24-16(13)22)15(23)20-11-4-2-10(3-5-11)12-8-18-9-19-12/h2-5,8-9H,1,6-7H2,(H,18,19)(H,20,23). The van der Waals surface area contributed by atoms with Crippen molar-refractivity contribution in [3.63, 3.8) is 0 Å². The van der Waals surface area contributed by atoms with E-state index < -0.39 is 0 Å². The quantitative estimate of drug-likeness (QED) is 0.765. The third-order valence-electron chi connectivity index (χ3n) is 3.77. The van der Waals surface area contributed by atoms with Gasteiger partial charge in [0.1, 0.15) is 5.02 Å². The van der Waals surface area contributed by atoms with Crippen LogP contribution in [-0.2, 0) is 6.54 Å². The van der Waals surface area contributed by atoms with Crippen molar-refractivity contribution >= 4 is 23.2 Å². The molecular formula is C16H14ClN5O2. The van der Waals surface area contributed by atoms with Gasteiger partial charge in [-0.3, -0.25) is 4.79 Å². The van der Waals surface area contributed by atoms with Crippen LogP contribution in [0, 0.1) is 0 Å². The van der Waals surface area contributed by atoms with Crippen molar-refractivity contribution in [2.45, 2.75) is 13.0 Å². The van der Waals surface area contributed by atoms with Gasteiger partial charge >= 0.3 is 0 Å². The van der Waals surface area contributed by atoms with E-state index in [0.717, 1.165) is 17.7 Å². The summed E-state index contributed by atoms with van der Waals surface area (Å²) in [4.78, 5) is 19.4. The number of H-pyrrole nitrogens is 1. The monoisotopic (exact) mass is 343 g/mol. The van der Waals surface area contributed by atoms with E-state index in [1.807, 2.05) is 24.3 Å². The molecule has 3 aromatic rings. The van der Waals surface area contributed by atoms with E-state index in [1.165, 1.54) is 0 Å². The minimum absolute atomic E-state index is 0.172. The molecule has 0 atom stereocenters. The van der Waals surface area contributed by atoms with Crippen LogP contribution in [0.3, 0.4) is 0 Å². The van der Waals surface area contributed by atoms with E-state index in [9.17, 15) is 4.79 Å². The smallest absolute Gasteiger partial charge is 0.277 e. The predicted molar refractivity (Wildman–Crippen MR) is 89.3 cm³/mol. The van der Waals surface area contributed by atoms with Crippen molar-refractivity contribution in [2.75, 3.05) is 11.9 Å². The maximum absolute atomic E-state index is 12.4. The largest absolute Gasteiger partial charge is 0.477 e. The Labute approximate surface area is 142 Å². The second kappa shape index (κ2) is 6.01. The Morgan fingerprint density at radius 1 is 1.33 bits per heavy atom. The molecule has 1 aromatic carbocycles. The highest BCUT2D eigenvalue weighted by molar-refractivity contribution is 6.35. The fourth-order valence-electron chi connectivity index (χ4n) is 2.58. The number of imidazole rings is 1. The first-order chi connectivity index (χ1) is 11.7. The summed E-state index contributed by atoms with van der Waals surface area (Å²) < 4.78 is 7.10. The van der Waals surface area contributed by atoms with Gasteiger partial charge in [0.15, 0.2) is 5.69 Å². The average molecular weight is 344 g/mol. The third-order valence-corrected chi connectivity index (χ3v) is 4.11. The summed E-state index contributed by atoms with van der Waals surface area (Å²) in [5.74, 6) is 0.0995. The molecule has 122 valence electrons. The highest BCUT2D eigenvalue weighted by Gasteiger charge is 2.25. The number of aromatic amines is 1. The van der Waals surface area contributed by atoms with Crippen molar-refractivity contribution in [1.29, 1.82) is 0 Å². The number of ether oxygens (including phenoxy) is 1. The van der Waals surface area contributed by atoms with Gasteiger partial charge in [0.2, 0.25) is 5.88 Å². The number of anilines is 1. The topological polar surface area (TPSA) is 84.8 Å². The summed E-state index contributed by atoms with van der Waals surface area (Å²) >= 11 is 6.22. The second-order valence-corrected chi connectivity index (χ2v) is 5.77. The molecule has 1 aliphatic heterocycles. The molecule has 4 rings (SSSR count). The average Bonchev–Trinajstić information content (AvgIpc) is 3.24. The summed E-state index contributed by atoms with van der Waals surface area (Å²) in [6.07, 6.45) is 4.21. The van der Waals surface area contributed by atoms with Crippen molar-refractivity contribution in [3.8, 4) is 17.1 Å². The molecule has 0 saturated heterocycles. The highest BCUT2D eigenvalue weighted by Crippen LogP contribution is 2.31. The lowest BCUT2D eigenvalue weighted by atomic mass is 10.1. The Morgan fingerprint density at radius 2 is 2.17 bits per heavy atom. The second-order valence-electron chi connectivity index (χ2n) is 5.39. The van der Waals surface area contributed by atoms with Crippen LogP contribution < -0.4 is 10.1 Å². The van der Waals surface area contributed by atoms with E-state index in [-0.39, 0.29) is 16.6 Å². The van der Waals surface area contributed by atoms with Crippen LogP contribution in [0.15, 0.2) is 36.8 Å². The zero-order chi connectivity index (χ0) is 16.5. The van der Waals surface area contributed by atoms with Gasteiger partial charge in [0, 0.05) is 18.7 Å². The van der Waals surface area contributed by atoms with Crippen LogP contribution in [0.4, 0.5) is 5.69 Å². The minimum Gasteiger partial charge on any atom is -0.477 e. The number of aromatic nitrogens is 4. The number of rotatable bonds is 3. The van der Waals surface area contributed by atoms with E-state index in [1.54, 1.807) is 17.2 Å². The molecule has 0 saturated carbocycles. The van der Waals surface area contributed by atoms with Crippen molar-refractivity contribution in [1.82, 2.24) is 19.7 Å². The summed E-state index contributed by atoms with van der Waals surface area (Å²) in [6.45, 7) is 1.28. The van der Waals surface area contributed by atoms with E-state index >= 15 is 0 Å². The minimum atomic E-state index is -0.361. The van der Waals surface area contributed by atoms with E-state index in [2.05, 4.69) is 20.4 Å².